The Morgan fingerprint density at radius 1 is 1.25 bits per heavy atom. The SMILES string of the molecule is C/C=C\c1cnn(C)c1/C=C\C. The third-order valence-corrected chi connectivity index (χ3v) is 1.69. The summed E-state index contributed by atoms with van der Waals surface area (Å²) >= 11 is 0. The molecular weight excluding hydrogens is 148 g/mol. The Labute approximate surface area is 73.2 Å². The lowest BCUT2D eigenvalue weighted by Crippen LogP contribution is -1.92. The Balaban J connectivity index is 3.12. The van der Waals surface area contributed by atoms with Crippen molar-refractivity contribution in [3.8, 4) is 0 Å². The molecule has 1 heterocycles. The summed E-state index contributed by atoms with van der Waals surface area (Å²) in [6.45, 7) is 4.01. The van der Waals surface area contributed by atoms with Gasteiger partial charge in [0, 0.05) is 12.6 Å². The fraction of sp³-hybridized carbons (Fsp3) is 0.300. The molecule has 0 aromatic carbocycles. The van der Waals surface area contributed by atoms with Gasteiger partial charge in [0.2, 0.25) is 0 Å². The van der Waals surface area contributed by atoms with Crippen molar-refractivity contribution in [2.75, 3.05) is 0 Å². The summed E-state index contributed by atoms with van der Waals surface area (Å²) in [6, 6.07) is 0. The van der Waals surface area contributed by atoms with E-state index in [9.17, 15) is 0 Å². The van der Waals surface area contributed by atoms with Gasteiger partial charge in [-0.05, 0) is 19.9 Å². The van der Waals surface area contributed by atoms with E-state index in [1.54, 1.807) is 0 Å². The van der Waals surface area contributed by atoms with Crippen molar-refractivity contribution in [1.29, 1.82) is 0 Å². The van der Waals surface area contributed by atoms with E-state index in [4.69, 9.17) is 0 Å². The standard InChI is InChI=1S/C10H14N2/c1-4-6-9-8-11-12(3)10(9)7-5-2/h4-8H,1-3H3/b6-4-,7-5-. The zero-order chi connectivity index (χ0) is 8.97. The molecule has 0 atom stereocenters. The van der Waals surface area contributed by atoms with Crippen LogP contribution < -0.4 is 0 Å². The van der Waals surface area contributed by atoms with Crippen LogP contribution >= 0.6 is 0 Å². The Morgan fingerprint density at radius 3 is 2.50 bits per heavy atom. The zero-order valence-corrected chi connectivity index (χ0v) is 7.78. The van der Waals surface area contributed by atoms with Crippen LogP contribution in [0.2, 0.25) is 0 Å². The summed E-state index contributed by atoms with van der Waals surface area (Å²) in [6.07, 6.45) is 10.0. The molecule has 0 aliphatic rings. The maximum absolute atomic E-state index is 4.17. The third kappa shape index (κ3) is 1.64. The van der Waals surface area contributed by atoms with Crippen LogP contribution in [0.5, 0.6) is 0 Å². The van der Waals surface area contributed by atoms with E-state index < -0.39 is 0 Å². The van der Waals surface area contributed by atoms with Crippen LogP contribution in [0.3, 0.4) is 0 Å². The van der Waals surface area contributed by atoms with Crippen LogP contribution in [0.25, 0.3) is 12.2 Å². The molecule has 0 bridgehead atoms. The molecule has 0 fully saturated rings. The Kier molecular flexibility index (Phi) is 2.86. The number of hydrogen-bond acceptors (Lipinski definition) is 1. The maximum Gasteiger partial charge on any atom is 0.0675 e. The van der Waals surface area contributed by atoms with Gasteiger partial charge in [-0.15, -0.1) is 0 Å². The van der Waals surface area contributed by atoms with E-state index in [0.29, 0.717) is 0 Å². The highest BCUT2D eigenvalue weighted by Crippen LogP contribution is 2.10. The molecule has 1 rings (SSSR count). The number of aromatic nitrogens is 2. The molecule has 0 radical (unpaired) electrons. The average molecular weight is 162 g/mol. The van der Waals surface area contributed by atoms with Gasteiger partial charge in [-0.2, -0.15) is 5.10 Å². The predicted molar refractivity (Wildman–Crippen MR) is 52.6 cm³/mol. The molecule has 0 spiro atoms. The lowest BCUT2D eigenvalue weighted by Gasteiger charge is -1.95. The van der Waals surface area contributed by atoms with E-state index in [0.717, 1.165) is 11.3 Å². The minimum atomic E-state index is 1.15. The molecule has 1 aromatic rings. The van der Waals surface area contributed by atoms with Crippen molar-refractivity contribution in [2.24, 2.45) is 7.05 Å². The number of allylic oxidation sites excluding steroid dienone is 2. The Morgan fingerprint density at radius 2 is 1.92 bits per heavy atom. The van der Waals surface area contributed by atoms with E-state index in [2.05, 4.69) is 17.3 Å². The summed E-state index contributed by atoms with van der Waals surface area (Å²) in [5.74, 6) is 0. The quantitative estimate of drug-likeness (QED) is 0.653. The summed E-state index contributed by atoms with van der Waals surface area (Å²) in [7, 11) is 1.95. The largest absolute Gasteiger partial charge is 0.268 e. The van der Waals surface area contributed by atoms with Crippen LogP contribution in [0.1, 0.15) is 25.1 Å². The van der Waals surface area contributed by atoms with Crippen molar-refractivity contribution in [3.63, 3.8) is 0 Å². The minimum absolute atomic E-state index is 1.15. The summed E-state index contributed by atoms with van der Waals surface area (Å²) in [5, 5.41) is 4.17. The maximum atomic E-state index is 4.17. The van der Waals surface area contributed by atoms with Crippen LogP contribution in [0, 0.1) is 0 Å². The van der Waals surface area contributed by atoms with Gasteiger partial charge in [-0.25, -0.2) is 0 Å². The van der Waals surface area contributed by atoms with E-state index in [1.165, 1.54) is 0 Å². The summed E-state index contributed by atoms with van der Waals surface area (Å²) < 4.78 is 1.87. The molecule has 0 aliphatic carbocycles. The third-order valence-electron chi connectivity index (χ3n) is 1.69. The minimum Gasteiger partial charge on any atom is -0.268 e. The summed E-state index contributed by atoms with van der Waals surface area (Å²) in [5.41, 5.74) is 2.31. The Bertz CT molecular complexity index is 306. The van der Waals surface area contributed by atoms with Gasteiger partial charge in [0.1, 0.15) is 0 Å². The number of aryl methyl sites for hydroxylation is 1. The highest BCUT2D eigenvalue weighted by atomic mass is 15.3. The summed E-state index contributed by atoms with van der Waals surface area (Å²) in [4.78, 5) is 0. The van der Waals surface area contributed by atoms with Gasteiger partial charge >= 0.3 is 0 Å². The van der Waals surface area contributed by atoms with Crippen LogP contribution in [0.15, 0.2) is 18.3 Å². The monoisotopic (exact) mass is 162 g/mol. The second-order valence-electron chi connectivity index (χ2n) is 2.61. The van der Waals surface area contributed by atoms with Gasteiger partial charge in [0.15, 0.2) is 0 Å². The molecule has 0 saturated heterocycles. The first-order valence-electron chi connectivity index (χ1n) is 4.07. The van der Waals surface area contributed by atoms with Gasteiger partial charge in [0.25, 0.3) is 0 Å². The molecule has 0 N–H and O–H groups in total. The number of nitrogens with zero attached hydrogens (tertiary/aromatic N) is 2. The normalized spacial score (nSPS) is 11.9. The lowest BCUT2D eigenvalue weighted by atomic mass is 10.2. The number of rotatable bonds is 2. The first-order valence-corrected chi connectivity index (χ1v) is 4.07. The fourth-order valence-electron chi connectivity index (χ4n) is 1.13. The smallest absolute Gasteiger partial charge is 0.0675 e. The molecule has 1 aromatic heterocycles. The first kappa shape index (κ1) is 8.78. The van der Waals surface area contributed by atoms with Gasteiger partial charge < -0.3 is 0 Å². The molecule has 0 unspecified atom stereocenters. The van der Waals surface area contributed by atoms with Crippen LogP contribution in [0.4, 0.5) is 0 Å². The van der Waals surface area contributed by atoms with Crippen molar-refractivity contribution in [1.82, 2.24) is 9.78 Å². The second-order valence-corrected chi connectivity index (χ2v) is 2.61. The highest BCUT2D eigenvalue weighted by Gasteiger charge is 1.99. The first-order chi connectivity index (χ1) is 5.79. The molecule has 12 heavy (non-hydrogen) atoms. The van der Waals surface area contributed by atoms with E-state index in [1.807, 2.05) is 43.9 Å². The van der Waals surface area contributed by atoms with Gasteiger partial charge in [0.05, 0.1) is 11.9 Å². The number of hydrogen-bond donors (Lipinski definition) is 0. The lowest BCUT2D eigenvalue weighted by molar-refractivity contribution is 0.759. The van der Waals surface area contributed by atoms with Crippen LogP contribution in [-0.2, 0) is 7.05 Å². The van der Waals surface area contributed by atoms with Gasteiger partial charge in [-0.1, -0.05) is 18.2 Å². The van der Waals surface area contributed by atoms with Crippen molar-refractivity contribution in [3.05, 3.63) is 29.6 Å². The topological polar surface area (TPSA) is 17.8 Å². The van der Waals surface area contributed by atoms with Crippen molar-refractivity contribution >= 4 is 12.2 Å². The van der Waals surface area contributed by atoms with Crippen molar-refractivity contribution < 1.29 is 0 Å². The average Bonchev–Trinajstić information content (AvgIpc) is 2.37. The Hall–Kier alpha value is -1.31. The predicted octanol–water partition coefficient (Wildman–Crippen LogP) is 2.49. The molecule has 64 valence electrons. The molecule has 0 amide bonds. The fourth-order valence-corrected chi connectivity index (χ4v) is 1.13. The molecule has 0 aliphatic heterocycles. The van der Waals surface area contributed by atoms with Crippen LogP contribution in [-0.4, -0.2) is 9.78 Å². The second kappa shape index (κ2) is 3.90. The molecule has 2 nitrogen and oxygen atoms in total. The van der Waals surface area contributed by atoms with Crippen molar-refractivity contribution in [2.45, 2.75) is 13.8 Å². The van der Waals surface area contributed by atoms with E-state index >= 15 is 0 Å². The zero-order valence-electron chi connectivity index (χ0n) is 7.78. The molecular formula is C10H14N2. The highest BCUT2D eigenvalue weighted by molar-refractivity contribution is 5.61. The molecule has 2 heteroatoms. The van der Waals surface area contributed by atoms with E-state index in [-0.39, 0.29) is 0 Å². The van der Waals surface area contributed by atoms with Gasteiger partial charge in [-0.3, -0.25) is 4.68 Å². The molecule has 0 saturated carbocycles.